The highest BCUT2D eigenvalue weighted by Crippen LogP contribution is 2.15. The summed E-state index contributed by atoms with van der Waals surface area (Å²) in [4.78, 5) is 0. The van der Waals surface area contributed by atoms with Crippen LogP contribution < -0.4 is 5.32 Å². The number of halogens is 1. The van der Waals surface area contributed by atoms with E-state index in [0.29, 0.717) is 6.04 Å². The molecular weight excluding hydrogens is 237 g/mol. The maximum absolute atomic E-state index is 13.1. The van der Waals surface area contributed by atoms with E-state index in [1.165, 1.54) is 44.1 Å². The Hall–Kier alpha value is -0.890. The Balaban J connectivity index is 2.39. The van der Waals surface area contributed by atoms with E-state index in [0.717, 1.165) is 12.0 Å². The maximum atomic E-state index is 13.1. The Morgan fingerprint density at radius 1 is 1.16 bits per heavy atom. The molecule has 0 saturated heterocycles. The molecule has 0 fully saturated rings. The molecule has 0 aromatic heterocycles. The van der Waals surface area contributed by atoms with Crippen LogP contribution in [0.3, 0.4) is 0 Å². The van der Waals surface area contributed by atoms with Crippen molar-refractivity contribution in [3.63, 3.8) is 0 Å². The fourth-order valence-electron chi connectivity index (χ4n) is 2.50. The first kappa shape index (κ1) is 16.2. The lowest BCUT2D eigenvalue weighted by Gasteiger charge is -2.17. The van der Waals surface area contributed by atoms with Crippen LogP contribution in [0.2, 0.25) is 0 Å². The molecule has 19 heavy (non-hydrogen) atoms. The zero-order valence-corrected chi connectivity index (χ0v) is 12.6. The molecule has 1 aromatic rings. The predicted octanol–water partition coefficient (Wildman–Crippen LogP) is 4.63. The molecule has 1 aromatic carbocycles. The van der Waals surface area contributed by atoms with Gasteiger partial charge in [0.2, 0.25) is 0 Å². The van der Waals surface area contributed by atoms with E-state index in [1.807, 2.05) is 20.0 Å². The van der Waals surface area contributed by atoms with Gasteiger partial charge in [0.05, 0.1) is 0 Å². The van der Waals surface area contributed by atoms with Crippen molar-refractivity contribution in [3.8, 4) is 0 Å². The lowest BCUT2D eigenvalue weighted by molar-refractivity contribution is 0.481. The first-order chi connectivity index (χ1) is 9.17. The lowest BCUT2D eigenvalue weighted by atomic mass is 9.97. The minimum atomic E-state index is -0.137. The summed E-state index contributed by atoms with van der Waals surface area (Å²) in [5.74, 6) is -0.137. The minimum absolute atomic E-state index is 0.137. The molecule has 1 atom stereocenters. The molecule has 1 unspecified atom stereocenters. The largest absolute Gasteiger partial charge is 0.317 e. The van der Waals surface area contributed by atoms with E-state index in [1.54, 1.807) is 12.1 Å². The van der Waals surface area contributed by atoms with Gasteiger partial charge in [-0.15, -0.1) is 0 Å². The summed E-state index contributed by atoms with van der Waals surface area (Å²) in [7, 11) is 2.02. The van der Waals surface area contributed by atoms with Gasteiger partial charge in [-0.25, -0.2) is 4.39 Å². The van der Waals surface area contributed by atoms with Gasteiger partial charge < -0.3 is 5.32 Å². The monoisotopic (exact) mass is 265 g/mol. The second kappa shape index (κ2) is 9.08. The second-order valence-corrected chi connectivity index (χ2v) is 5.46. The highest BCUT2D eigenvalue weighted by Gasteiger charge is 2.09. The Morgan fingerprint density at radius 3 is 2.53 bits per heavy atom. The van der Waals surface area contributed by atoms with Crippen LogP contribution in [0.4, 0.5) is 4.39 Å². The third-order valence-electron chi connectivity index (χ3n) is 3.84. The summed E-state index contributed by atoms with van der Waals surface area (Å²) in [5, 5.41) is 3.39. The van der Waals surface area contributed by atoms with Gasteiger partial charge in [0.25, 0.3) is 0 Å². The van der Waals surface area contributed by atoms with Crippen molar-refractivity contribution >= 4 is 0 Å². The Bertz CT molecular complexity index is 362. The summed E-state index contributed by atoms with van der Waals surface area (Å²) in [6.07, 6.45) is 8.81. The SMILES string of the molecule is CCCCCCCC(Cc1ccc(F)cc1C)NC. The average molecular weight is 265 g/mol. The first-order valence-corrected chi connectivity index (χ1v) is 7.59. The highest BCUT2D eigenvalue weighted by molar-refractivity contribution is 5.27. The summed E-state index contributed by atoms with van der Waals surface area (Å²) in [5.41, 5.74) is 2.32. The Kier molecular flexibility index (Phi) is 7.73. The number of likely N-dealkylation sites (N-methyl/N-ethyl adjacent to an activating group) is 1. The van der Waals surface area contributed by atoms with Crippen LogP contribution >= 0.6 is 0 Å². The van der Waals surface area contributed by atoms with Gasteiger partial charge in [-0.05, 0) is 50.1 Å². The normalized spacial score (nSPS) is 12.6. The smallest absolute Gasteiger partial charge is 0.123 e. The summed E-state index contributed by atoms with van der Waals surface area (Å²) in [6.45, 7) is 4.24. The fraction of sp³-hybridized carbons (Fsp3) is 0.647. The van der Waals surface area contributed by atoms with Crippen molar-refractivity contribution < 1.29 is 4.39 Å². The van der Waals surface area contributed by atoms with Crippen molar-refractivity contribution in [1.82, 2.24) is 5.32 Å². The van der Waals surface area contributed by atoms with E-state index >= 15 is 0 Å². The average Bonchev–Trinajstić information content (AvgIpc) is 2.39. The van der Waals surface area contributed by atoms with Crippen molar-refractivity contribution in [2.45, 2.75) is 64.8 Å². The molecule has 2 heteroatoms. The van der Waals surface area contributed by atoms with Gasteiger partial charge in [0.1, 0.15) is 5.82 Å². The molecule has 0 amide bonds. The predicted molar refractivity (Wildman–Crippen MR) is 81.1 cm³/mol. The molecule has 0 aliphatic heterocycles. The van der Waals surface area contributed by atoms with Gasteiger partial charge in [-0.2, -0.15) is 0 Å². The van der Waals surface area contributed by atoms with Crippen LogP contribution in [0.1, 0.15) is 56.6 Å². The van der Waals surface area contributed by atoms with Crippen LogP contribution in [0.15, 0.2) is 18.2 Å². The Labute approximate surface area is 117 Å². The lowest BCUT2D eigenvalue weighted by Crippen LogP contribution is -2.27. The number of rotatable bonds is 9. The molecule has 0 aliphatic carbocycles. The number of hydrogen-bond acceptors (Lipinski definition) is 1. The third-order valence-corrected chi connectivity index (χ3v) is 3.84. The van der Waals surface area contributed by atoms with Crippen molar-refractivity contribution in [2.24, 2.45) is 0 Å². The Morgan fingerprint density at radius 2 is 1.89 bits per heavy atom. The van der Waals surface area contributed by atoms with Gasteiger partial charge in [-0.1, -0.05) is 45.1 Å². The van der Waals surface area contributed by atoms with Crippen molar-refractivity contribution in [2.75, 3.05) is 7.05 Å². The van der Waals surface area contributed by atoms with Gasteiger partial charge in [0, 0.05) is 6.04 Å². The van der Waals surface area contributed by atoms with E-state index in [9.17, 15) is 4.39 Å². The molecule has 1 nitrogen and oxygen atoms in total. The molecule has 1 rings (SSSR count). The third kappa shape index (κ3) is 6.20. The molecule has 1 N–H and O–H groups in total. The number of aryl methyl sites for hydroxylation is 1. The fourth-order valence-corrected chi connectivity index (χ4v) is 2.50. The quantitative estimate of drug-likeness (QED) is 0.642. The minimum Gasteiger partial charge on any atom is -0.317 e. The molecule has 0 saturated carbocycles. The standard InChI is InChI=1S/C17H28FN/c1-4-5-6-7-8-9-17(19-3)13-15-10-11-16(18)12-14(15)2/h10-12,17,19H,4-9,13H2,1-3H3. The second-order valence-electron chi connectivity index (χ2n) is 5.46. The first-order valence-electron chi connectivity index (χ1n) is 7.59. The van der Waals surface area contributed by atoms with Crippen molar-refractivity contribution in [1.29, 1.82) is 0 Å². The molecule has 0 bridgehead atoms. The maximum Gasteiger partial charge on any atom is 0.123 e. The highest BCUT2D eigenvalue weighted by atomic mass is 19.1. The van der Waals surface area contributed by atoms with E-state index < -0.39 is 0 Å². The van der Waals surface area contributed by atoms with Crippen molar-refractivity contribution in [3.05, 3.63) is 35.1 Å². The summed E-state index contributed by atoms with van der Waals surface area (Å²) >= 11 is 0. The molecular formula is C17H28FN. The molecule has 0 radical (unpaired) electrons. The van der Waals surface area contributed by atoms with E-state index in [-0.39, 0.29) is 5.82 Å². The van der Waals surface area contributed by atoms with Gasteiger partial charge in [-0.3, -0.25) is 0 Å². The number of nitrogens with one attached hydrogen (secondary N) is 1. The van der Waals surface area contributed by atoms with E-state index in [4.69, 9.17) is 0 Å². The zero-order chi connectivity index (χ0) is 14.1. The topological polar surface area (TPSA) is 12.0 Å². The van der Waals surface area contributed by atoms with E-state index in [2.05, 4.69) is 12.2 Å². The summed E-state index contributed by atoms with van der Waals surface area (Å²) < 4.78 is 13.1. The van der Waals surface area contributed by atoms with Gasteiger partial charge in [0.15, 0.2) is 0 Å². The number of unbranched alkanes of at least 4 members (excludes halogenated alkanes) is 4. The number of benzene rings is 1. The number of hydrogen-bond donors (Lipinski definition) is 1. The van der Waals surface area contributed by atoms with Gasteiger partial charge >= 0.3 is 0 Å². The molecule has 0 heterocycles. The summed E-state index contributed by atoms with van der Waals surface area (Å²) in [6, 6.07) is 5.62. The van der Waals surface area contributed by atoms with Crippen LogP contribution in [-0.2, 0) is 6.42 Å². The van der Waals surface area contributed by atoms with Crippen LogP contribution in [0.25, 0.3) is 0 Å². The molecule has 108 valence electrons. The molecule has 0 aliphatic rings. The molecule has 0 spiro atoms. The van der Waals surface area contributed by atoms with Crippen LogP contribution in [0, 0.1) is 12.7 Å². The zero-order valence-electron chi connectivity index (χ0n) is 12.6. The van der Waals surface area contributed by atoms with Crippen LogP contribution in [-0.4, -0.2) is 13.1 Å². The van der Waals surface area contributed by atoms with Crippen LogP contribution in [0.5, 0.6) is 0 Å².